The van der Waals surface area contributed by atoms with Crippen molar-refractivity contribution in [2.45, 2.75) is 114 Å². The third-order valence-electron chi connectivity index (χ3n) is 6.82. The van der Waals surface area contributed by atoms with Crippen LogP contribution in [0.2, 0.25) is 0 Å². The van der Waals surface area contributed by atoms with Crippen LogP contribution in [-0.4, -0.2) is 99.6 Å². The van der Waals surface area contributed by atoms with Crippen molar-refractivity contribution in [3.05, 3.63) is 0 Å². The van der Waals surface area contributed by atoms with Crippen LogP contribution in [0.3, 0.4) is 0 Å². The summed E-state index contributed by atoms with van der Waals surface area (Å²) >= 11 is 0. The Kier molecular flexibility index (Phi) is 8.70. The molecule has 182 valence electrons. The average Bonchev–Trinajstić information content (AvgIpc) is 2.71. The molecule has 0 bridgehead atoms. The highest BCUT2D eigenvalue weighted by atomic mass is 16.7. The molecule has 1 saturated carbocycles. The molecule has 0 aromatic carbocycles. The first-order valence-corrected chi connectivity index (χ1v) is 11.4. The molecule has 0 aromatic heterocycles. The molecule has 2 aliphatic heterocycles. The SMILES string of the molecule is CCC1OC(OC2C(C)CC(N)C(OC3OC(CO)C(O)CC3O)C2O)C(C)CC1O. The first kappa shape index (κ1) is 25.2. The second-order valence-electron chi connectivity index (χ2n) is 9.40. The number of aliphatic hydroxyl groups excluding tert-OH is 5. The zero-order valence-corrected chi connectivity index (χ0v) is 18.5. The predicted octanol–water partition coefficient (Wildman–Crippen LogP) is -1.16. The Balaban J connectivity index is 1.67. The van der Waals surface area contributed by atoms with E-state index in [2.05, 4.69) is 0 Å². The maximum Gasteiger partial charge on any atom is 0.184 e. The Labute approximate surface area is 183 Å². The topological polar surface area (TPSA) is 164 Å². The van der Waals surface area contributed by atoms with Gasteiger partial charge in [-0.1, -0.05) is 20.8 Å². The molecule has 31 heavy (non-hydrogen) atoms. The molecule has 2 heterocycles. The van der Waals surface area contributed by atoms with E-state index < -0.39 is 68.0 Å². The van der Waals surface area contributed by atoms with E-state index >= 15 is 0 Å². The Hall–Kier alpha value is -0.400. The quantitative estimate of drug-likeness (QED) is 0.291. The van der Waals surface area contributed by atoms with Crippen molar-refractivity contribution in [1.29, 1.82) is 0 Å². The van der Waals surface area contributed by atoms with Crippen molar-refractivity contribution < 1.29 is 44.5 Å². The summed E-state index contributed by atoms with van der Waals surface area (Å²) in [5, 5.41) is 50.8. The first-order chi connectivity index (χ1) is 14.7. The molecule has 2 saturated heterocycles. The Bertz CT molecular complexity index is 523. The molecule has 10 nitrogen and oxygen atoms in total. The van der Waals surface area contributed by atoms with E-state index in [0.717, 1.165) is 0 Å². The fourth-order valence-corrected chi connectivity index (χ4v) is 4.91. The summed E-state index contributed by atoms with van der Waals surface area (Å²) in [6, 6.07) is -0.519. The molecule has 10 heteroatoms. The van der Waals surface area contributed by atoms with E-state index in [1.165, 1.54) is 0 Å². The Morgan fingerprint density at radius 1 is 0.806 bits per heavy atom. The first-order valence-electron chi connectivity index (χ1n) is 11.4. The van der Waals surface area contributed by atoms with Crippen LogP contribution in [0.5, 0.6) is 0 Å². The molecular weight excluding hydrogens is 410 g/mol. The van der Waals surface area contributed by atoms with Crippen LogP contribution in [0, 0.1) is 11.8 Å². The van der Waals surface area contributed by atoms with Crippen molar-refractivity contribution in [2.24, 2.45) is 17.6 Å². The van der Waals surface area contributed by atoms with Gasteiger partial charge in [0.1, 0.15) is 24.4 Å². The van der Waals surface area contributed by atoms with E-state index in [4.69, 9.17) is 24.7 Å². The van der Waals surface area contributed by atoms with Gasteiger partial charge in [-0.05, 0) is 25.2 Å². The van der Waals surface area contributed by atoms with E-state index in [1.807, 2.05) is 20.8 Å². The Morgan fingerprint density at radius 3 is 2.06 bits per heavy atom. The van der Waals surface area contributed by atoms with Crippen LogP contribution in [0.15, 0.2) is 0 Å². The molecular formula is C21H39NO9. The minimum atomic E-state index is -1.13. The number of nitrogens with two attached hydrogens (primary N) is 1. The minimum Gasteiger partial charge on any atom is -0.394 e. The summed E-state index contributed by atoms with van der Waals surface area (Å²) in [4.78, 5) is 0. The van der Waals surface area contributed by atoms with E-state index in [0.29, 0.717) is 19.3 Å². The summed E-state index contributed by atoms with van der Waals surface area (Å²) in [6.07, 6.45) is -6.47. The van der Waals surface area contributed by atoms with E-state index in [9.17, 15) is 25.5 Å². The van der Waals surface area contributed by atoms with E-state index in [-0.39, 0.29) is 24.4 Å². The fraction of sp³-hybridized carbons (Fsp3) is 1.00. The van der Waals surface area contributed by atoms with Gasteiger partial charge in [0.05, 0.1) is 31.0 Å². The number of ether oxygens (including phenoxy) is 4. The molecule has 0 aromatic rings. The van der Waals surface area contributed by atoms with Gasteiger partial charge in [0.2, 0.25) is 0 Å². The minimum absolute atomic E-state index is 0.0154. The molecule has 1 aliphatic carbocycles. The maximum absolute atomic E-state index is 11.1. The van der Waals surface area contributed by atoms with Crippen LogP contribution in [-0.2, 0) is 18.9 Å². The molecule has 7 N–H and O–H groups in total. The monoisotopic (exact) mass is 449 g/mol. The van der Waals surface area contributed by atoms with Crippen molar-refractivity contribution in [3.8, 4) is 0 Å². The van der Waals surface area contributed by atoms with Crippen LogP contribution < -0.4 is 5.73 Å². The second-order valence-corrected chi connectivity index (χ2v) is 9.40. The molecule has 13 atom stereocenters. The molecule has 0 spiro atoms. The fourth-order valence-electron chi connectivity index (χ4n) is 4.91. The summed E-state index contributed by atoms with van der Waals surface area (Å²) in [5.41, 5.74) is 6.26. The van der Waals surface area contributed by atoms with Crippen molar-refractivity contribution >= 4 is 0 Å². The summed E-state index contributed by atoms with van der Waals surface area (Å²) < 4.78 is 23.5. The van der Waals surface area contributed by atoms with E-state index in [1.54, 1.807) is 0 Å². The second kappa shape index (κ2) is 10.7. The molecule has 3 fully saturated rings. The summed E-state index contributed by atoms with van der Waals surface area (Å²) in [5.74, 6) is -0.126. The standard InChI is InChI=1S/C21H39NO9/c1-4-15-12(24)6-10(3)20(28-15)30-18-9(2)5-11(22)19(17(18)27)31-21-14(26)7-13(25)16(8-23)29-21/h9-21,23-27H,4-8,22H2,1-3H3. The van der Waals surface area contributed by atoms with Gasteiger partial charge in [0.15, 0.2) is 12.6 Å². The zero-order chi connectivity index (χ0) is 22.9. The van der Waals surface area contributed by atoms with Gasteiger partial charge in [-0.3, -0.25) is 0 Å². The van der Waals surface area contributed by atoms with Gasteiger partial charge in [-0.2, -0.15) is 0 Å². The Morgan fingerprint density at radius 2 is 1.42 bits per heavy atom. The molecule has 3 aliphatic rings. The average molecular weight is 450 g/mol. The number of hydrogen-bond acceptors (Lipinski definition) is 10. The molecule has 0 radical (unpaired) electrons. The predicted molar refractivity (Wildman–Crippen MR) is 109 cm³/mol. The van der Waals surface area contributed by atoms with Crippen LogP contribution >= 0.6 is 0 Å². The van der Waals surface area contributed by atoms with Crippen molar-refractivity contribution in [2.75, 3.05) is 6.61 Å². The van der Waals surface area contributed by atoms with Gasteiger partial charge in [0, 0.05) is 18.4 Å². The molecule has 3 rings (SSSR count). The lowest BCUT2D eigenvalue weighted by Gasteiger charge is -2.47. The number of hydrogen-bond donors (Lipinski definition) is 6. The normalized spacial score (nSPS) is 51.6. The summed E-state index contributed by atoms with van der Waals surface area (Å²) in [6.45, 7) is 5.39. The third-order valence-corrected chi connectivity index (χ3v) is 6.82. The maximum atomic E-state index is 11.1. The van der Waals surface area contributed by atoms with Crippen LogP contribution in [0.25, 0.3) is 0 Å². The lowest BCUT2D eigenvalue weighted by Crippen LogP contribution is -2.62. The van der Waals surface area contributed by atoms with Crippen LogP contribution in [0.4, 0.5) is 0 Å². The van der Waals surface area contributed by atoms with Gasteiger partial charge >= 0.3 is 0 Å². The molecule has 13 unspecified atom stereocenters. The molecule has 0 amide bonds. The lowest BCUT2D eigenvalue weighted by atomic mass is 9.80. The highest BCUT2D eigenvalue weighted by Gasteiger charge is 2.48. The lowest BCUT2D eigenvalue weighted by molar-refractivity contribution is -0.318. The number of rotatable bonds is 6. The largest absolute Gasteiger partial charge is 0.394 e. The van der Waals surface area contributed by atoms with Gasteiger partial charge in [-0.15, -0.1) is 0 Å². The number of aliphatic hydroxyl groups is 5. The van der Waals surface area contributed by atoms with Gasteiger partial charge in [-0.25, -0.2) is 0 Å². The highest BCUT2D eigenvalue weighted by molar-refractivity contribution is 4.97. The van der Waals surface area contributed by atoms with Crippen molar-refractivity contribution in [1.82, 2.24) is 0 Å². The van der Waals surface area contributed by atoms with Gasteiger partial charge in [0.25, 0.3) is 0 Å². The third kappa shape index (κ3) is 5.57. The van der Waals surface area contributed by atoms with Crippen LogP contribution in [0.1, 0.15) is 46.5 Å². The summed E-state index contributed by atoms with van der Waals surface area (Å²) in [7, 11) is 0. The zero-order valence-electron chi connectivity index (χ0n) is 18.5. The van der Waals surface area contributed by atoms with Gasteiger partial charge < -0.3 is 50.2 Å². The van der Waals surface area contributed by atoms with Crippen molar-refractivity contribution in [3.63, 3.8) is 0 Å². The highest BCUT2D eigenvalue weighted by Crippen LogP contribution is 2.35. The smallest absolute Gasteiger partial charge is 0.184 e.